The average molecular weight is 813 g/mol. The second kappa shape index (κ2) is 47.1. The molecule has 0 aliphatic rings. The molecule has 336 valence electrons. The highest BCUT2D eigenvalue weighted by Gasteiger charge is 2.19. The zero-order valence-electron chi connectivity index (χ0n) is 38.3. The van der Waals surface area contributed by atoms with E-state index in [1.165, 1.54) is 103 Å². The summed E-state index contributed by atoms with van der Waals surface area (Å²) < 4.78 is 16.7. The van der Waals surface area contributed by atoms with E-state index in [2.05, 4.69) is 69.4 Å². The molecule has 0 aliphatic heterocycles. The Balaban J connectivity index is 4.41. The number of esters is 3. The molecule has 0 spiro atoms. The van der Waals surface area contributed by atoms with Crippen molar-refractivity contribution in [3.05, 3.63) is 48.6 Å². The van der Waals surface area contributed by atoms with Gasteiger partial charge in [0.1, 0.15) is 13.2 Å². The quantitative estimate of drug-likeness (QED) is 0.0264. The highest BCUT2D eigenvalue weighted by molar-refractivity contribution is 5.71. The molecule has 0 heterocycles. The van der Waals surface area contributed by atoms with Gasteiger partial charge in [0, 0.05) is 19.3 Å². The molecule has 58 heavy (non-hydrogen) atoms. The van der Waals surface area contributed by atoms with Crippen molar-refractivity contribution in [3.8, 4) is 0 Å². The highest BCUT2D eigenvalue weighted by atomic mass is 16.6. The molecule has 1 atom stereocenters. The Labute approximate surface area is 358 Å². The lowest BCUT2D eigenvalue weighted by atomic mass is 10.1. The number of unbranched alkanes of at least 4 members (excludes halogenated alkanes) is 25. The van der Waals surface area contributed by atoms with E-state index in [9.17, 15) is 14.4 Å². The van der Waals surface area contributed by atoms with Crippen molar-refractivity contribution >= 4 is 17.9 Å². The molecule has 0 aromatic rings. The van der Waals surface area contributed by atoms with Gasteiger partial charge >= 0.3 is 17.9 Å². The summed E-state index contributed by atoms with van der Waals surface area (Å²) >= 11 is 0. The first-order valence-corrected chi connectivity index (χ1v) is 24.6. The van der Waals surface area contributed by atoms with Crippen molar-refractivity contribution in [2.24, 2.45) is 0 Å². The molecule has 0 aromatic heterocycles. The van der Waals surface area contributed by atoms with Gasteiger partial charge in [0.05, 0.1) is 0 Å². The molecule has 6 heteroatoms. The molecule has 0 bridgehead atoms. The third-order valence-corrected chi connectivity index (χ3v) is 10.5. The van der Waals surface area contributed by atoms with E-state index >= 15 is 0 Å². The molecule has 0 aliphatic carbocycles. The average Bonchev–Trinajstić information content (AvgIpc) is 3.22. The van der Waals surface area contributed by atoms with E-state index in [4.69, 9.17) is 14.2 Å². The summed E-state index contributed by atoms with van der Waals surface area (Å²) in [7, 11) is 0. The molecule has 0 radical (unpaired) electrons. The first-order chi connectivity index (χ1) is 28.5. The number of allylic oxidation sites excluding steroid dienone is 8. The van der Waals surface area contributed by atoms with Gasteiger partial charge < -0.3 is 14.2 Å². The number of carbonyl (C=O) groups is 3. The Morgan fingerprint density at radius 2 is 0.655 bits per heavy atom. The van der Waals surface area contributed by atoms with E-state index in [-0.39, 0.29) is 31.1 Å². The molecule has 0 amide bonds. The van der Waals surface area contributed by atoms with Gasteiger partial charge in [0.15, 0.2) is 6.10 Å². The minimum Gasteiger partial charge on any atom is -0.462 e. The van der Waals surface area contributed by atoms with Crippen LogP contribution in [0.15, 0.2) is 48.6 Å². The number of rotatable bonds is 44. The summed E-state index contributed by atoms with van der Waals surface area (Å²) in [4.78, 5) is 37.8. The molecule has 0 N–H and O–H groups in total. The van der Waals surface area contributed by atoms with Gasteiger partial charge in [0.2, 0.25) is 0 Å². The molecule has 0 saturated heterocycles. The van der Waals surface area contributed by atoms with Gasteiger partial charge in [0.25, 0.3) is 0 Å². The fourth-order valence-corrected chi connectivity index (χ4v) is 6.76. The Hall–Kier alpha value is -2.63. The van der Waals surface area contributed by atoms with Crippen LogP contribution >= 0.6 is 0 Å². The fraction of sp³-hybridized carbons (Fsp3) is 0.788. The van der Waals surface area contributed by atoms with Gasteiger partial charge in [-0.15, -0.1) is 0 Å². The lowest BCUT2D eigenvalue weighted by Crippen LogP contribution is -2.30. The smallest absolute Gasteiger partial charge is 0.306 e. The summed E-state index contributed by atoms with van der Waals surface area (Å²) in [5.41, 5.74) is 0. The lowest BCUT2D eigenvalue weighted by Gasteiger charge is -2.18. The molecular formula is C52H92O6. The lowest BCUT2D eigenvalue weighted by molar-refractivity contribution is -0.167. The van der Waals surface area contributed by atoms with Crippen LogP contribution in [0, 0.1) is 0 Å². The first-order valence-electron chi connectivity index (χ1n) is 24.6. The Kier molecular flexibility index (Phi) is 44.9. The molecular weight excluding hydrogens is 721 g/mol. The summed E-state index contributed by atoms with van der Waals surface area (Å²) in [6, 6.07) is 0. The predicted octanol–water partition coefficient (Wildman–Crippen LogP) is 15.9. The number of hydrogen-bond donors (Lipinski definition) is 0. The minimum absolute atomic E-state index is 0.0854. The monoisotopic (exact) mass is 813 g/mol. The van der Waals surface area contributed by atoms with Crippen molar-refractivity contribution < 1.29 is 28.6 Å². The number of carbonyl (C=O) groups excluding carboxylic acids is 3. The largest absolute Gasteiger partial charge is 0.462 e. The van der Waals surface area contributed by atoms with E-state index in [0.717, 1.165) is 103 Å². The zero-order chi connectivity index (χ0) is 42.3. The second-order valence-corrected chi connectivity index (χ2v) is 16.4. The second-order valence-electron chi connectivity index (χ2n) is 16.4. The first kappa shape index (κ1) is 55.4. The number of ether oxygens (including phenoxy) is 3. The van der Waals surface area contributed by atoms with Crippen LogP contribution in [0.25, 0.3) is 0 Å². The maximum Gasteiger partial charge on any atom is 0.306 e. The van der Waals surface area contributed by atoms with E-state index in [1.54, 1.807) is 0 Å². The van der Waals surface area contributed by atoms with Gasteiger partial charge in [-0.25, -0.2) is 0 Å². The summed E-state index contributed by atoms with van der Waals surface area (Å²) in [5.74, 6) is -0.914. The van der Waals surface area contributed by atoms with Gasteiger partial charge in [-0.05, 0) is 96.3 Å². The third kappa shape index (κ3) is 44.5. The van der Waals surface area contributed by atoms with E-state index in [1.807, 2.05) is 0 Å². The van der Waals surface area contributed by atoms with Crippen molar-refractivity contribution in [2.45, 2.75) is 252 Å². The van der Waals surface area contributed by atoms with Gasteiger partial charge in [-0.2, -0.15) is 0 Å². The van der Waals surface area contributed by atoms with Gasteiger partial charge in [-0.1, -0.05) is 179 Å². The Morgan fingerprint density at radius 3 is 1.07 bits per heavy atom. The van der Waals surface area contributed by atoms with Crippen molar-refractivity contribution in [3.63, 3.8) is 0 Å². The molecule has 0 rings (SSSR count). The van der Waals surface area contributed by atoms with E-state index in [0.29, 0.717) is 19.3 Å². The maximum atomic E-state index is 12.7. The Morgan fingerprint density at radius 1 is 0.345 bits per heavy atom. The minimum atomic E-state index is -0.784. The standard InChI is InChI=1S/C52H92O6/c1-4-7-10-13-16-19-22-25-26-28-30-33-36-39-42-45-51(54)57-48-49(47-56-50(53)44-41-38-35-32-29-24-21-18-15-12-9-6-3)58-52(55)46-43-40-37-34-31-27-23-20-17-14-11-8-5-2/h11,14,18,20-21,23,25-26,49H,4-10,12-13,15-17,19,22,24,27-48H2,1-3H3/b14-11-,21-18-,23-20-,26-25-. The fourth-order valence-electron chi connectivity index (χ4n) is 6.76. The van der Waals surface area contributed by atoms with Crippen LogP contribution < -0.4 is 0 Å². The highest BCUT2D eigenvalue weighted by Crippen LogP contribution is 2.14. The normalized spacial score (nSPS) is 12.4. The van der Waals surface area contributed by atoms with Crippen molar-refractivity contribution in [1.82, 2.24) is 0 Å². The predicted molar refractivity (Wildman–Crippen MR) is 247 cm³/mol. The van der Waals surface area contributed by atoms with Crippen molar-refractivity contribution in [2.75, 3.05) is 13.2 Å². The van der Waals surface area contributed by atoms with Gasteiger partial charge in [-0.3, -0.25) is 14.4 Å². The topological polar surface area (TPSA) is 78.9 Å². The summed E-state index contributed by atoms with van der Waals surface area (Å²) in [6.07, 6.45) is 55.2. The maximum absolute atomic E-state index is 12.7. The van der Waals surface area contributed by atoms with Crippen LogP contribution in [0.1, 0.15) is 245 Å². The Bertz CT molecular complexity index is 1030. The van der Waals surface area contributed by atoms with Crippen LogP contribution in [-0.4, -0.2) is 37.2 Å². The number of hydrogen-bond acceptors (Lipinski definition) is 6. The molecule has 1 unspecified atom stereocenters. The SMILES string of the molecule is CCC/C=C\C/C=C\CCCCCCCC(=O)OC(COC(=O)CCCCCCC/C=C\CCCCC)COC(=O)CCCCCCC/C=C\CCCCCCCC. The zero-order valence-corrected chi connectivity index (χ0v) is 38.3. The van der Waals surface area contributed by atoms with Crippen LogP contribution in [0.2, 0.25) is 0 Å². The van der Waals surface area contributed by atoms with Crippen LogP contribution in [0.4, 0.5) is 0 Å². The molecule has 0 aromatic carbocycles. The third-order valence-electron chi connectivity index (χ3n) is 10.5. The van der Waals surface area contributed by atoms with Crippen LogP contribution in [-0.2, 0) is 28.6 Å². The van der Waals surface area contributed by atoms with Crippen LogP contribution in [0.5, 0.6) is 0 Å². The molecule has 0 fully saturated rings. The molecule has 6 nitrogen and oxygen atoms in total. The van der Waals surface area contributed by atoms with E-state index < -0.39 is 6.10 Å². The summed E-state index contributed by atoms with van der Waals surface area (Å²) in [6.45, 7) is 6.52. The molecule has 0 saturated carbocycles. The van der Waals surface area contributed by atoms with Crippen LogP contribution in [0.3, 0.4) is 0 Å². The van der Waals surface area contributed by atoms with Crippen molar-refractivity contribution in [1.29, 1.82) is 0 Å². The summed E-state index contributed by atoms with van der Waals surface area (Å²) in [5, 5.41) is 0.